The summed E-state index contributed by atoms with van der Waals surface area (Å²) in [6.07, 6.45) is 1.36. The number of aromatic nitrogens is 1. The van der Waals surface area contributed by atoms with Crippen LogP contribution in [0, 0.1) is 6.92 Å². The van der Waals surface area contributed by atoms with Crippen molar-refractivity contribution in [1.82, 2.24) is 14.6 Å². The topological polar surface area (TPSA) is 83.6 Å². The molecular weight excluding hydrogens is 364 g/mol. The van der Waals surface area contributed by atoms with Gasteiger partial charge in [0.15, 0.2) is 0 Å². The number of pyridine rings is 1. The average Bonchev–Trinajstić information content (AvgIpc) is 2.70. The van der Waals surface area contributed by atoms with Crippen LogP contribution in [-0.4, -0.2) is 58.2 Å². The number of rotatable bonds is 7. The first-order valence-electron chi connectivity index (χ1n) is 9.01. The number of nitrogens with zero attached hydrogens (tertiary/aromatic N) is 2. The van der Waals surface area contributed by atoms with Crippen molar-refractivity contribution in [3.8, 4) is 0 Å². The minimum atomic E-state index is -3.47. The molecule has 7 nitrogen and oxygen atoms in total. The van der Waals surface area contributed by atoms with Gasteiger partial charge >= 0.3 is 0 Å². The van der Waals surface area contributed by atoms with Crippen molar-refractivity contribution < 1.29 is 13.2 Å². The van der Waals surface area contributed by atoms with Crippen molar-refractivity contribution in [2.24, 2.45) is 0 Å². The van der Waals surface area contributed by atoms with E-state index in [0.717, 1.165) is 26.3 Å². The van der Waals surface area contributed by atoms with Gasteiger partial charge in [0.2, 0.25) is 10.0 Å². The number of nitrogens with one attached hydrogen (secondary N) is 2. The molecule has 2 aromatic rings. The van der Waals surface area contributed by atoms with E-state index >= 15 is 0 Å². The van der Waals surface area contributed by atoms with E-state index in [2.05, 4.69) is 51.1 Å². The summed E-state index contributed by atoms with van der Waals surface area (Å²) in [5, 5.41) is 3.34. The fourth-order valence-electron chi connectivity index (χ4n) is 3.10. The Morgan fingerprint density at radius 3 is 2.44 bits per heavy atom. The third-order valence-corrected chi connectivity index (χ3v) is 6.14. The molecule has 1 fully saturated rings. The molecule has 0 radical (unpaired) electrons. The molecule has 2 N–H and O–H groups in total. The minimum Gasteiger partial charge on any atom is -0.379 e. The molecule has 1 aromatic heterocycles. The molecule has 27 heavy (non-hydrogen) atoms. The number of aryl methyl sites for hydroxylation is 1. The molecule has 1 atom stereocenters. The van der Waals surface area contributed by atoms with Gasteiger partial charge in [-0.05, 0) is 31.7 Å². The molecule has 146 valence electrons. The molecule has 3 rings (SSSR count). The number of morpholine rings is 1. The van der Waals surface area contributed by atoms with Crippen molar-refractivity contribution in [2.75, 3.05) is 45.2 Å². The van der Waals surface area contributed by atoms with E-state index in [9.17, 15) is 8.42 Å². The molecule has 1 aliphatic heterocycles. The van der Waals surface area contributed by atoms with Crippen LogP contribution in [0.15, 0.2) is 47.5 Å². The summed E-state index contributed by atoms with van der Waals surface area (Å²) in [6, 6.07) is 12.0. The molecule has 0 amide bonds. The highest BCUT2D eigenvalue weighted by Gasteiger charge is 2.22. The molecule has 1 aromatic carbocycles. The summed E-state index contributed by atoms with van der Waals surface area (Å²) in [5.41, 5.74) is 2.47. The zero-order chi connectivity index (χ0) is 19.3. The molecular formula is C19H26N4O3S. The van der Waals surface area contributed by atoms with E-state index < -0.39 is 10.0 Å². The number of hydrogen-bond acceptors (Lipinski definition) is 6. The summed E-state index contributed by atoms with van der Waals surface area (Å²) in [5.74, 6) is 0.649. The lowest BCUT2D eigenvalue weighted by molar-refractivity contribution is 0.0187. The van der Waals surface area contributed by atoms with Crippen molar-refractivity contribution in [3.05, 3.63) is 53.7 Å². The molecule has 8 heteroatoms. The van der Waals surface area contributed by atoms with Crippen LogP contribution in [0.2, 0.25) is 0 Å². The molecule has 1 saturated heterocycles. The zero-order valence-corrected chi connectivity index (χ0v) is 16.5. The maximum absolute atomic E-state index is 11.8. The zero-order valence-electron chi connectivity index (χ0n) is 15.7. The first kappa shape index (κ1) is 19.8. The molecule has 0 saturated carbocycles. The van der Waals surface area contributed by atoms with Gasteiger partial charge in [0.25, 0.3) is 0 Å². The molecule has 1 unspecified atom stereocenters. The highest BCUT2D eigenvalue weighted by atomic mass is 32.2. The summed E-state index contributed by atoms with van der Waals surface area (Å²) < 4.78 is 31.4. The van der Waals surface area contributed by atoms with Crippen LogP contribution < -0.4 is 10.0 Å². The first-order chi connectivity index (χ1) is 13.0. The van der Waals surface area contributed by atoms with Crippen LogP contribution >= 0.6 is 0 Å². The third-order valence-electron chi connectivity index (χ3n) is 4.74. The van der Waals surface area contributed by atoms with E-state index in [4.69, 9.17) is 4.74 Å². The van der Waals surface area contributed by atoms with Crippen LogP contribution in [0.1, 0.15) is 17.2 Å². The Kier molecular flexibility index (Phi) is 6.43. The monoisotopic (exact) mass is 390 g/mol. The quantitative estimate of drug-likeness (QED) is 0.750. The lowest BCUT2D eigenvalue weighted by atomic mass is 10.0. The van der Waals surface area contributed by atoms with Gasteiger partial charge in [-0.15, -0.1) is 0 Å². The van der Waals surface area contributed by atoms with Crippen LogP contribution in [0.5, 0.6) is 0 Å². The van der Waals surface area contributed by atoms with Crippen molar-refractivity contribution in [2.45, 2.75) is 17.9 Å². The van der Waals surface area contributed by atoms with Gasteiger partial charge in [-0.3, -0.25) is 4.90 Å². The second kappa shape index (κ2) is 8.79. The third kappa shape index (κ3) is 5.04. The largest absolute Gasteiger partial charge is 0.379 e. The first-order valence-corrected chi connectivity index (χ1v) is 10.5. The lowest BCUT2D eigenvalue weighted by Gasteiger charge is -2.35. The Labute approximate surface area is 160 Å². The lowest BCUT2D eigenvalue weighted by Crippen LogP contribution is -2.41. The SMILES string of the molecule is CNS(=O)(=O)c1ccc(NCC(c2ccc(C)cc2)N2CCOCC2)nc1. The van der Waals surface area contributed by atoms with Crippen molar-refractivity contribution in [3.63, 3.8) is 0 Å². The fraction of sp³-hybridized carbons (Fsp3) is 0.421. The summed E-state index contributed by atoms with van der Waals surface area (Å²) in [7, 11) is -2.09. The van der Waals surface area contributed by atoms with Gasteiger partial charge in [0, 0.05) is 25.8 Å². The Morgan fingerprint density at radius 2 is 1.85 bits per heavy atom. The number of sulfonamides is 1. The molecule has 2 heterocycles. The van der Waals surface area contributed by atoms with Crippen LogP contribution in [0.25, 0.3) is 0 Å². The fourth-order valence-corrected chi connectivity index (χ4v) is 3.77. The maximum Gasteiger partial charge on any atom is 0.241 e. The predicted molar refractivity (Wildman–Crippen MR) is 105 cm³/mol. The van der Waals surface area contributed by atoms with E-state index in [1.165, 1.54) is 24.4 Å². The second-order valence-corrected chi connectivity index (χ2v) is 8.43. The molecule has 0 aliphatic carbocycles. The molecule has 0 bridgehead atoms. The van der Waals surface area contributed by atoms with Gasteiger partial charge in [-0.25, -0.2) is 18.1 Å². The molecule has 1 aliphatic rings. The Bertz CT molecular complexity index is 832. The van der Waals surface area contributed by atoms with Crippen molar-refractivity contribution >= 4 is 15.8 Å². The average molecular weight is 391 g/mol. The van der Waals surface area contributed by atoms with Gasteiger partial charge in [-0.2, -0.15) is 0 Å². The standard InChI is InChI=1S/C19H26N4O3S/c1-15-3-5-16(6-4-15)18(23-9-11-26-12-10-23)14-22-19-8-7-17(13-21-19)27(24,25)20-2/h3-8,13,18,20H,9-12,14H2,1-2H3,(H,21,22). The van der Waals surface area contributed by atoms with Gasteiger partial charge in [0.1, 0.15) is 10.7 Å². The minimum absolute atomic E-state index is 0.152. The number of benzene rings is 1. The van der Waals surface area contributed by atoms with Gasteiger partial charge < -0.3 is 10.1 Å². The smallest absolute Gasteiger partial charge is 0.241 e. The van der Waals surface area contributed by atoms with Crippen molar-refractivity contribution in [1.29, 1.82) is 0 Å². The maximum atomic E-state index is 11.8. The van der Waals surface area contributed by atoms with Crippen LogP contribution in [0.3, 0.4) is 0 Å². The van der Waals surface area contributed by atoms with E-state index in [0.29, 0.717) is 12.4 Å². The Balaban J connectivity index is 1.73. The molecule has 0 spiro atoms. The predicted octanol–water partition coefficient (Wildman–Crippen LogP) is 1.78. The van der Waals surface area contributed by atoms with Gasteiger partial charge in [0.05, 0.1) is 19.3 Å². The van der Waals surface area contributed by atoms with E-state index in [1.54, 1.807) is 12.1 Å². The van der Waals surface area contributed by atoms with E-state index in [1.807, 2.05) is 0 Å². The summed E-state index contributed by atoms with van der Waals surface area (Å²) in [6.45, 7) is 5.99. The Morgan fingerprint density at radius 1 is 1.15 bits per heavy atom. The number of anilines is 1. The number of ether oxygens (including phenoxy) is 1. The van der Waals surface area contributed by atoms with Crippen LogP contribution in [-0.2, 0) is 14.8 Å². The van der Waals surface area contributed by atoms with E-state index in [-0.39, 0.29) is 10.9 Å². The number of hydrogen-bond donors (Lipinski definition) is 2. The van der Waals surface area contributed by atoms with Crippen LogP contribution in [0.4, 0.5) is 5.82 Å². The second-order valence-electron chi connectivity index (χ2n) is 6.54. The Hall–Kier alpha value is -2.00. The summed E-state index contributed by atoms with van der Waals surface area (Å²) in [4.78, 5) is 6.80. The summed E-state index contributed by atoms with van der Waals surface area (Å²) >= 11 is 0. The highest BCUT2D eigenvalue weighted by molar-refractivity contribution is 7.89. The normalized spacial score (nSPS) is 16.8. The van der Waals surface area contributed by atoms with Gasteiger partial charge in [-0.1, -0.05) is 29.8 Å². The highest BCUT2D eigenvalue weighted by Crippen LogP contribution is 2.23.